The van der Waals surface area contributed by atoms with Gasteiger partial charge in [0.05, 0.1) is 18.8 Å². The van der Waals surface area contributed by atoms with Crippen molar-refractivity contribution in [3.8, 4) is 0 Å². The molecular formula is C13H19NO4S. The first kappa shape index (κ1) is 15.7. The van der Waals surface area contributed by atoms with Crippen LogP contribution in [0.25, 0.3) is 0 Å². The van der Waals surface area contributed by atoms with Gasteiger partial charge in [-0.15, -0.1) is 0 Å². The number of nitrogens with zero attached hydrogens (tertiary/aromatic N) is 1. The zero-order valence-corrected chi connectivity index (χ0v) is 12.0. The molecule has 0 bridgehead atoms. The molecule has 0 aliphatic heterocycles. The van der Waals surface area contributed by atoms with E-state index < -0.39 is 16.0 Å². The zero-order chi connectivity index (χ0) is 14.3. The maximum atomic E-state index is 11.4. The van der Waals surface area contributed by atoms with E-state index >= 15 is 0 Å². The second kappa shape index (κ2) is 7.25. The largest absolute Gasteiger partial charge is 0.465 e. The normalized spacial score (nSPS) is 11.5. The van der Waals surface area contributed by atoms with Gasteiger partial charge in [-0.25, -0.2) is 12.7 Å². The van der Waals surface area contributed by atoms with Crippen LogP contribution >= 0.6 is 0 Å². The summed E-state index contributed by atoms with van der Waals surface area (Å²) in [5.41, 5.74) is 1.08. The number of carbonyl (C=O) groups excluding carboxylic acids is 1. The summed E-state index contributed by atoms with van der Waals surface area (Å²) < 4.78 is 29.0. The van der Waals surface area contributed by atoms with Crippen molar-refractivity contribution in [2.75, 3.05) is 26.5 Å². The van der Waals surface area contributed by atoms with Crippen LogP contribution in [0.5, 0.6) is 0 Å². The molecule has 0 spiro atoms. The first-order chi connectivity index (χ1) is 8.92. The molecule has 0 atom stereocenters. The van der Waals surface area contributed by atoms with Crippen molar-refractivity contribution in [3.05, 3.63) is 35.9 Å². The Labute approximate surface area is 114 Å². The van der Waals surface area contributed by atoms with E-state index in [1.54, 1.807) is 0 Å². The van der Waals surface area contributed by atoms with Crippen molar-refractivity contribution >= 4 is 16.0 Å². The summed E-state index contributed by atoms with van der Waals surface area (Å²) in [7, 11) is -0.457. The summed E-state index contributed by atoms with van der Waals surface area (Å²) in [6, 6.07) is 9.65. The molecule has 19 heavy (non-hydrogen) atoms. The molecular weight excluding hydrogens is 266 g/mol. The Morgan fingerprint density at radius 2 is 1.84 bits per heavy atom. The molecule has 0 N–H and O–H groups in total. The maximum Gasteiger partial charge on any atom is 0.306 e. The number of ether oxygens (including phenoxy) is 1. The fourth-order valence-electron chi connectivity index (χ4n) is 1.39. The molecule has 0 aliphatic rings. The van der Waals surface area contributed by atoms with Crippen molar-refractivity contribution in [2.45, 2.75) is 12.8 Å². The Balaban J connectivity index is 2.26. The number of esters is 1. The Bertz CT molecular complexity index is 497. The first-order valence-electron chi connectivity index (χ1n) is 6.01. The van der Waals surface area contributed by atoms with E-state index in [4.69, 9.17) is 4.74 Å². The SMILES string of the molecule is CN(C)S(=O)(=O)CCC(=O)OCCc1ccccc1. The highest BCUT2D eigenvalue weighted by molar-refractivity contribution is 7.89. The summed E-state index contributed by atoms with van der Waals surface area (Å²) in [6.07, 6.45) is 0.516. The lowest BCUT2D eigenvalue weighted by Gasteiger charge is -2.10. The van der Waals surface area contributed by atoms with Gasteiger partial charge in [-0.1, -0.05) is 30.3 Å². The zero-order valence-electron chi connectivity index (χ0n) is 11.2. The Kier molecular flexibility index (Phi) is 5.98. The molecule has 0 saturated heterocycles. The Morgan fingerprint density at radius 1 is 1.21 bits per heavy atom. The average molecular weight is 285 g/mol. The van der Waals surface area contributed by atoms with Crippen molar-refractivity contribution < 1.29 is 17.9 Å². The highest BCUT2D eigenvalue weighted by Crippen LogP contribution is 2.02. The van der Waals surface area contributed by atoms with Crippen LogP contribution in [0.15, 0.2) is 30.3 Å². The molecule has 6 heteroatoms. The maximum absolute atomic E-state index is 11.4. The predicted molar refractivity (Wildman–Crippen MR) is 73.2 cm³/mol. The standard InChI is InChI=1S/C13H19NO4S/c1-14(2)19(16,17)11-9-13(15)18-10-8-12-6-4-3-5-7-12/h3-7H,8-11H2,1-2H3. The monoisotopic (exact) mass is 285 g/mol. The smallest absolute Gasteiger partial charge is 0.306 e. The first-order valence-corrected chi connectivity index (χ1v) is 7.62. The van der Waals surface area contributed by atoms with Gasteiger partial charge in [0.1, 0.15) is 0 Å². The molecule has 0 saturated carbocycles. The number of benzene rings is 1. The third kappa shape index (κ3) is 5.85. The van der Waals surface area contributed by atoms with E-state index in [0.29, 0.717) is 6.42 Å². The number of carbonyl (C=O) groups is 1. The van der Waals surface area contributed by atoms with Crippen LogP contribution in [0.1, 0.15) is 12.0 Å². The van der Waals surface area contributed by atoms with Crippen molar-refractivity contribution in [3.63, 3.8) is 0 Å². The minimum atomic E-state index is -3.34. The predicted octanol–water partition coefficient (Wildman–Crippen LogP) is 1.05. The van der Waals surface area contributed by atoms with Crippen LogP contribution in [0.4, 0.5) is 0 Å². The van der Waals surface area contributed by atoms with Gasteiger partial charge < -0.3 is 4.74 Å². The summed E-state index contributed by atoms with van der Waals surface area (Å²) >= 11 is 0. The third-order valence-electron chi connectivity index (χ3n) is 2.62. The minimum Gasteiger partial charge on any atom is -0.465 e. The molecule has 0 fully saturated rings. The lowest BCUT2D eigenvalue weighted by Crippen LogP contribution is -2.26. The molecule has 0 heterocycles. The summed E-state index contributed by atoms with van der Waals surface area (Å²) in [6.45, 7) is 0.269. The third-order valence-corrected chi connectivity index (χ3v) is 4.45. The van der Waals surface area contributed by atoms with Crippen molar-refractivity contribution in [1.29, 1.82) is 0 Å². The van der Waals surface area contributed by atoms with Crippen LogP contribution in [0, 0.1) is 0 Å². The van der Waals surface area contributed by atoms with E-state index in [-0.39, 0.29) is 18.8 Å². The van der Waals surface area contributed by atoms with E-state index in [2.05, 4.69) is 0 Å². The van der Waals surface area contributed by atoms with Crippen LogP contribution in [-0.4, -0.2) is 45.1 Å². The van der Waals surface area contributed by atoms with E-state index in [1.165, 1.54) is 14.1 Å². The second-order valence-electron chi connectivity index (χ2n) is 4.30. The molecule has 1 aromatic rings. The number of rotatable bonds is 7. The van der Waals surface area contributed by atoms with Crippen LogP contribution in [0.3, 0.4) is 0 Å². The highest BCUT2D eigenvalue weighted by atomic mass is 32.2. The summed E-state index contributed by atoms with van der Waals surface area (Å²) in [4.78, 5) is 11.4. The Morgan fingerprint density at radius 3 is 2.42 bits per heavy atom. The van der Waals surface area contributed by atoms with Crippen LogP contribution in [0.2, 0.25) is 0 Å². The van der Waals surface area contributed by atoms with E-state index in [9.17, 15) is 13.2 Å². The highest BCUT2D eigenvalue weighted by Gasteiger charge is 2.16. The fraction of sp³-hybridized carbons (Fsp3) is 0.462. The molecule has 106 valence electrons. The van der Waals surface area contributed by atoms with Crippen molar-refractivity contribution in [1.82, 2.24) is 4.31 Å². The van der Waals surface area contributed by atoms with Gasteiger partial charge >= 0.3 is 5.97 Å². The fourth-order valence-corrected chi connectivity index (χ4v) is 2.18. The van der Waals surface area contributed by atoms with Gasteiger partial charge in [-0.3, -0.25) is 4.79 Å². The van der Waals surface area contributed by atoms with Gasteiger partial charge in [0.15, 0.2) is 0 Å². The van der Waals surface area contributed by atoms with Gasteiger partial charge in [-0.2, -0.15) is 0 Å². The lowest BCUT2D eigenvalue weighted by atomic mass is 10.2. The molecule has 0 aliphatic carbocycles. The van der Waals surface area contributed by atoms with Crippen LogP contribution < -0.4 is 0 Å². The molecule has 0 unspecified atom stereocenters. The molecule has 0 aromatic heterocycles. The van der Waals surface area contributed by atoms with Crippen molar-refractivity contribution in [2.24, 2.45) is 0 Å². The van der Waals surface area contributed by atoms with Gasteiger partial charge in [0.25, 0.3) is 0 Å². The minimum absolute atomic E-state index is 0.116. The number of hydrogen-bond acceptors (Lipinski definition) is 4. The van der Waals surface area contributed by atoms with Gasteiger partial charge in [-0.05, 0) is 5.56 Å². The quantitative estimate of drug-likeness (QED) is 0.703. The molecule has 0 amide bonds. The number of hydrogen-bond donors (Lipinski definition) is 0. The van der Waals surface area contributed by atoms with Gasteiger partial charge in [0.2, 0.25) is 10.0 Å². The summed E-state index contributed by atoms with van der Waals surface area (Å²) in [5.74, 6) is -0.703. The summed E-state index contributed by atoms with van der Waals surface area (Å²) in [5, 5.41) is 0. The molecule has 1 rings (SSSR count). The van der Waals surface area contributed by atoms with Crippen LogP contribution in [-0.2, 0) is 26.0 Å². The second-order valence-corrected chi connectivity index (χ2v) is 6.61. The molecule has 0 radical (unpaired) electrons. The average Bonchev–Trinajstić information content (AvgIpc) is 2.37. The van der Waals surface area contributed by atoms with Gasteiger partial charge in [0, 0.05) is 20.5 Å². The van der Waals surface area contributed by atoms with E-state index in [1.807, 2.05) is 30.3 Å². The molecule has 1 aromatic carbocycles. The number of sulfonamides is 1. The molecule has 5 nitrogen and oxygen atoms in total. The lowest BCUT2D eigenvalue weighted by molar-refractivity contribution is -0.143. The topological polar surface area (TPSA) is 63.7 Å². The Hall–Kier alpha value is -1.40. The van der Waals surface area contributed by atoms with E-state index in [0.717, 1.165) is 9.87 Å².